The van der Waals surface area contributed by atoms with E-state index in [2.05, 4.69) is 26.1 Å². The predicted octanol–water partition coefficient (Wildman–Crippen LogP) is 3.64. The molecular formula is C13H22N2S. The molecule has 0 radical (unpaired) electrons. The minimum atomic E-state index is 0.623. The van der Waals surface area contributed by atoms with E-state index in [1.807, 2.05) is 11.3 Å². The van der Waals surface area contributed by atoms with Crippen molar-refractivity contribution in [1.82, 2.24) is 10.3 Å². The van der Waals surface area contributed by atoms with Crippen molar-refractivity contribution in [3.8, 4) is 0 Å². The highest BCUT2D eigenvalue weighted by molar-refractivity contribution is 7.11. The molecule has 0 bridgehead atoms. The van der Waals surface area contributed by atoms with Crippen LogP contribution in [0.5, 0.6) is 0 Å². The van der Waals surface area contributed by atoms with Gasteiger partial charge in [0.25, 0.3) is 0 Å². The van der Waals surface area contributed by atoms with Gasteiger partial charge in [-0.15, -0.1) is 11.3 Å². The SMILES string of the molecule is CCNCc1sc(C(C)CC)nc1C1CC1. The van der Waals surface area contributed by atoms with Crippen LogP contribution in [0.3, 0.4) is 0 Å². The minimum Gasteiger partial charge on any atom is -0.312 e. The first-order valence-corrected chi connectivity index (χ1v) is 7.28. The first-order valence-electron chi connectivity index (χ1n) is 6.46. The Hall–Kier alpha value is -0.410. The molecule has 1 fully saturated rings. The largest absolute Gasteiger partial charge is 0.312 e. The third-order valence-corrected chi connectivity index (χ3v) is 4.58. The fourth-order valence-electron chi connectivity index (χ4n) is 1.81. The van der Waals surface area contributed by atoms with E-state index in [4.69, 9.17) is 4.98 Å². The zero-order valence-electron chi connectivity index (χ0n) is 10.5. The van der Waals surface area contributed by atoms with Crippen molar-refractivity contribution in [3.05, 3.63) is 15.6 Å². The van der Waals surface area contributed by atoms with E-state index in [-0.39, 0.29) is 0 Å². The Morgan fingerprint density at radius 2 is 2.19 bits per heavy atom. The van der Waals surface area contributed by atoms with Gasteiger partial charge in [-0.3, -0.25) is 0 Å². The van der Waals surface area contributed by atoms with E-state index >= 15 is 0 Å². The Morgan fingerprint density at radius 1 is 1.44 bits per heavy atom. The third-order valence-electron chi connectivity index (χ3n) is 3.28. The lowest BCUT2D eigenvalue weighted by Gasteiger charge is -2.01. The second-order valence-corrected chi connectivity index (χ2v) is 5.84. The number of rotatable bonds is 6. The van der Waals surface area contributed by atoms with Crippen molar-refractivity contribution in [1.29, 1.82) is 0 Å². The van der Waals surface area contributed by atoms with Crippen LogP contribution in [0, 0.1) is 0 Å². The lowest BCUT2D eigenvalue weighted by atomic mass is 10.1. The highest BCUT2D eigenvalue weighted by Gasteiger charge is 2.29. The number of hydrogen-bond donors (Lipinski definition) is 1. The van der Waals surface area contributed by atoms with Gasteiger partial charge in [0.05, 0.1) is 10.7 Å². The van der Waals surface area contributed by atoms with Crippen LogP contribution in [0.1, 0.15) is 67.4 Å². The Bertz CT molecular complexity index is 342. The van der Waals surface area contributed by atoms with Crippen LogP contribution >= 0.6 is 11.3 Å². The molecule has 0 aromatic carbocycles. The molecule has 1 unspecified atom stereocenters. The average Bonchev–Trinajstić information content (AvgIpc) is 3.06. The summed E-state index contributed by atoms with van der Waals surface area (Å²) in [4.78, 5) is 6.36. The van der Waals surface area contributed by atoms with E-state index in [0.29, 0.717) is 5.92 Å². The lowest BCUT2D eigenvalue weighted by molar-refractivity contribution is 0.715. The summed E-state index contributed by atoms with van der Waals surface area (Å²) in [5.41, 5.74) is 1.40. The van der Waals surface area contributed by atoms with E-state index in [1.165, 1.54) is 34.8 Å². The van der Waals surface area contributed by atoms with Gasteiger partial charge in [0.2, 0.25) is 0 Å². The Kier molecular flexibility index (Phi) is 3.98. The quantitative estimate of drug-likeness (QED) is 0.818. The fraction of sp³-hybridized carbons (Fsp3) is 0.769. The fourth-order valence-corrected chi connectivity index (χ4v) is 3.06. The monoisotopic (exact) mass is 238 g/mol. The van der Waals surface area contributed by atoms with Gasteiger partial charge in [-0.25, -0.2) is 4.98 Å². The van der Waals surface area contributed by atoms with Crippen molar-refractivity contribution in [2.75, 3.05) is 6.54 Å². The summed E-state index contributed by atoms with van der Waals surface area (Å²) in [6.45, 7) is 8.74. The summed E-state index contributed by atoms with van der Waals surface area (Å²) in [6, 6.07) is 0. The lowest BCUT2D eigenvalue weighted by Crippen LogP contribution is -2.11. The minimum absolute atomic E-state index is 0.623. The van der Waals surface area contributed by atoms with Gasteiger partial charge in [0.1, 0.15) is 0 Å². The van der Waals surface area contributed by atoms with E-state index in [0.717, 1.165) is 19.0 Å². The molecule has 1 aliphatic carbocycles. The van der Waals surface area contributed by atoms with Crippen molar-refractivity contribution in [2.24, 2.45) is 0 Å². The molecule has 16 heavy (non-hydrogen) atoms. The highest BCUT2D eigenvalue weighted by atomic mass is 32.1. The van der Waals surface area contributed by atoms with E-state index in [1.54, 1.807) is 0 Å². The van der Waals surface area contributed by atoms with Crippen LogP contribution in [0.15, 0.2) is 0 Å². The molecule has 1 aromatic rings. The highest BCUT2D eigenvalue weighted by Crippen LogP contribution is 2.43. The van der Waals surface area contributed by atoms with Gasteiger partial charge in [-0.2, -0.15) is 0 Å². The standard InChI is InChI=1S/C13H22N2S/c1-4-9(3)13-15-12(10-6-7-10)11(16-13)8-14-5-2/h9-10,14H,4-8H2,1-3H3. The maximum absolute atomic E-state index is 4.87. The van der Waals surface area contributed by atoms with Crippen molar-refractivity contribution < 1.29 is 0 Å². The van der Waals surface area contributed by atoms with Crippen molar-refractivity contribution in [3.63, 3.8) is 0 Å². The molecule has 1 aromatic heterocycles. The summed E-state index contributed by atoms with van der Waals surface area (Å²) in [5, 5.41) is 4.77. The van der Waals surface area contributed by atoms with Gasteiger partial charge < -0.3 is 5.32 Å². The second-order valence-electron chi connectivity index (χ2n) is 4.72. The summed E-state index contributed by atoms with van der Waals surface area (Å²) in [6.07, 6.45) is 3.89. The zero-order valence-corrected chi connectivity index (χ0v) is 11.4. The second kappa shape index (κ2) is 5.28. The van der Waals surface area contributed by atoms with E-state index in [9.17, 15) is 0 Å². The smallest absolute Gasteiger partial charge is 0.0959 e. The van der Waals surface area contributed by atoms with Gasteiger partial charge in [0, 0.05) is 23.3 Å². The maximum Gasteiger partial charge on any atom is 0.0959 e. The third kappa shape index (κ3) is 2.64. The van der Waals surface area contributed by atoms with Gasteiger partial charge in [-0.05, 0) is 25.8 Å². The predicted molar refractivity (Wildman–Crippen MR) is 70.2 cm³/mol. The number of thiazole rings is 1. The van der Waals surface area contributed by atoms with Crippen molar-refractivity contribution in [2.45, 2.75) is 58.4 Å². The molecular weight excluding hydrogens is 216 g/mol. The first kappa shape index (κ1) is 12.1. The van der Waals surface area contributed by atoms with Gasteiger partial charge >= 0.3 is 0 Å². The summed E-state index contributed by atoms with van der Waals surface area (Å²) < 4.78 is 0. The first-order chi connectivity index (χ1) is 7.76. The molecule has 1 saturated carbocycles. The molecule has 1 atom stereocenters. The van der Waals surface area contributed by atoms with E-state index < -0.39 is 0 Å². The van der Waals surface area contributed by atoms with Crippen LogP contribution in [0.4, 0.5) is 0 Å². The summed E-state index contributed by atoms with van der Waals surface area (Å²) in [5.74, 6) is 1.40. The molecule has 1 N–H and O–H groups in total. The van der Waals surface area contributed by atoms with Crippen molar-refractivity contribution >= 4 is 11.3 Å². The van der Waals surface area contributed by atoms with Crippen LogP contribution in [-0.4, -0.2) is 11.5 Å². The van der Waals surface area contributed by atoms with Crippen LogP contribution in [0.2, 0.25) is 0 Å². The molecule has 0 spiro atoms. The number of nitrogens with zero attached hydrogens (tertiary/aromatic N) is 1. The maximum atomic E-state index is 4.87. The number of aromatic nitrogens is 1. The molecule has 90 valence electrons. The molecule has 1 aliphatic rings. The summed E-state index contributed by atoms with van der Waals surface area (Å²) in [7, 11) is 0. The Labute approximate surface area is 102 Å². The molecule has 2 nitrogen and oxygen atoms in total. The van der Waals surface area contributed by atoms with Gasteiger partial charge in [-0.1, -0.05) is 20.8 Å². The van der Waals surface area contributed by atoms with Crippen LogP contribution in [-0.2, 0) is 6.54 Å². The average molecular weight is 238 g/mol. The molecule has 1 heterocycles. The molecule has 0 amide bonds. The molecule has 0 aliphatic heterocycles. The van der Waals surface area contributed by atoms with Crippen LogP contribution in [0.25, 0.3) is 0 Å². The van der Waals surface area contributed by atoms with Crippen LogP contribution < -0.4 is 5.32 Å². The normalized spacial score (nSPS) is 17.7. The zero-order chi connectivity index (χ0) is 11.5. The number of nitrogens with one attached hydrogen (secondary N) is 1. The Morgan fingerprint density at radius 3 is 2.75 bits per heavy atom. The molecule has 3 heteroatoms. The number of hydrogen-bond acceptors (Lipinski definition) is 3. The molecule has 2 rings (SSSR count). The molecule has 0 saturated heterocycles. The summed E-state index contributed by atoms with van der Waals surface area (Å²) >= 11 is 1.93. The topological polar surface area (TPSA) is 24.9 Å². The Balaban J connectivity index is 2.16. The van der Waals surface area contributed by atoms with Gasteiger partial charge in [0.15, 0.2) is 0 Å².